The van der Waals surface area contributed by atoms with E-state index in [-0.39, 0.29) is 5.75 Å². The first-order valence-electron chi connectivity index (χ1n) is 6.81. The molecule has 0 aliphatic heterocycles. The number of phenols is 1. The van der Waals surface area contributed by atoms with Crippen molar-refractivity contribution in [3.63, 3.8) is 0 Å². The molecular weight excluding hydrogens is 280 g/mol. The Morgan fingerprint density at radius 2 is 1.68 bits per heavy atom. The average molecular weight is 296 g/mol. The van der Waals surface area contributed by atoms with Gasteiger partial charge in [0, 0.05) is 5.39 Å². The molecule has 3 rings (SSSR count). The summed E-state index contributed by atoms with van der Waals surface area (Å²) < 4.78 is 15.8. The number of rotatable bonds is 4. The summed E-state index contributed by atoms with van der Waals surface area (Å²) in [4.78, 5) is 0. The summed E-state index contributed by atoms with van der Waals surface area (Å²) in [6.07, 6.45) is 5.51. The lowest BCUT2D eigenvalue weighted by Gasteiger charge is -2.04. The number of aromatic hydroxyl groups is 1. The fourth-order valence-corrected chi connectivity index (χ4v) is 2.32. The SMILES string of the molecule is COc1ccc(/C=C/c2cc(OC)c3occc3c2)cc1O. The molecule has 1 aromatic heterocycles. The molecule has 0 spiro atoms. The Balaban J connectivity index is 1.93. The minimum atomic E-state index is 0.118. The summed E-state index contributed by atoms with van der Waals surface area (Å²) in [6, 6.07) is 11.1. The number of phenolic OH excluding ortho intramolecular Hbond substituents is 1. The van der Waals surface area contributed by atoms with E-state index in [4.69, 9.17) is 13.9 Å². The highest BCUT2D eigenvalue weighted by molar-refractivity contribution is 5.87. The van der Waals surface area contributed by atoms with E-state index in [2.05, 4.69) is 0 Å². The van der Waals surface area contributed by atoms with Gasteiger partial charge in [0.25, 0.3) is 0 Å². The van der Waals surface area contributed by atoms with E-state index in [1.54, 1.807) is 25.5 Å². The Morgan fingerprint density at radius 1 is 0.909 bits per heavy atom. The summed E-state index contributed by atoms with van der Waals surface area (Å²) in [6.45, 7) is 0. The van der Waals surface area contributed by atoms with Gasteiger partial charge in [0.1, 0.15) is 0 Å². The standard InChI is InChI=1S/C18H16O4/c1-20-16-6-5-12(10-15(16)19)3-4-13-9-14-7-8-22-18(14)17(11-13)21-2/h3-11,19H,1-2H3/b4-3+. The van der Waals surface area contributed by atoms with Crippen molar-refractivity contribution in [2.24, 2.45) is 0 Å². The molecule has 0 unspecified atom stereocenters. The van der Waals surface area contributed by atoms with Gasteiger partial charge in [0.2, 0.25) is 0 Å². The number of hydrogen-bond acceptors (Lipinski definition) is 4. The van der Waals surface area contributed by atoms with Gasteiger partial charge in [-0.2, -0.15) is 0 Å². The molecule has 0 amide bonds. The fraction of sp³-hybridized carbons (Fsp3) is 0.111. The van der Waals surface area contributed by atoms with Gasteiger partial charge in [0.05, 0.1) is 20.5 Å². The molecular formula is C18H16O4. The Hall–Kier alpha value is -2.88. The van der Waals surface area contributed by atoms with Crippen LogP contribution in [-0.2, 0) is 0 Å². The molecule has 0 aliphatic rings. The fourth-order valence-electron chi connectivity index (χ4n) is 2.32. The first-order valence-corrected chi connectivity index (χ1v) is 6.81. The number of methoxy groups -OCH3 is 2. The Bertz CT molecular complexity index is 830. The van der Waals surface area contributed by atoms with Gasteiger partial charge in [-0.1, -0.05) is 18.2 Å². The molecule has 0 atom stereocenters. The molecule has 0 radical (unpaired) electrons. The summed E-state index contributed by atoms with van der Waals surface area (Å²) >= 11 is 0. The molecule has 0 fully saturated rings. The zero-order valence-corrected chi connectivity index (χ0v) is 12.4. The van der Waals surface area contributed by atoms with Crippen LogP contribution in [0.4, 0.5) is 0 Å². The first kappa shape index (κ1) is 14.1. The normalized spacial score (nSPS) is 11.2. The second-order valence-electron chi connectivity index (χ2n) is 4.83. The molecule has 0 saturated heterocycles. The van der Waals surface area contributed by atoms with Crippen molar-refractivity contribution in [2.45, 2.75) is 0 Å². The lowest BCUT2D eigenvalue weighted by Crippen LogP contribution is -1.85. The van der Waals surface area contributed by atoms with E-state index < -0.39 is 0 Å². The van der Waals surface area contributed by atoms with Crippen LogP contribution in [0, 0.1) is 0 Å². The molecule has 4 heteroatoms. The number of hydrogen-bond donors (Lipinski definition) is 1. The van der Waals surface area contributed by atoms with Crippen LogP contribution in [0.25, 0.3) is 23.1 Å². The van der Waals surface area contributed by atoms with Crippen molar-refractivity contribution in [3.8, 4) is 17.2 Å². The van der Waals surface area contributed by atoms with Crippen molar-refractivity contribution >= 4 is 23.1 Å². The maximum atomic E-state index is 9.79. The van der Waals surface area contributed by atoms with Crippen molar-refractivity contribution < 1.29 is 19.0 Å². The van der Waals surface area contributed by atoms with Crippen molar-refractivity contribution in [1.29, 1.82) is 0 Å². The lowest BCUT2D eigenvalue weighted by atomic mass is 10.1. The minimum absolute atomic E-state index is 0.118. The van der Waals surface area contributed by atoms with Crippen LogP contribution < -0.4 is 9.47 Å². The van der Waals surface area contributed by atoms with Gasteiger partial charge in [-0.3, -0.25) is 0 Å². The molecule has 0 saturated carbocycles. The summed E-state index contributed by atoms with van der Waals surface area (Å²) in [5.74, 6) is 1.27. The molecule has 112 valence electrons. The molecule has 1 heterocycles. The first-order chi connectivity index (χ1) is 10.7. The van der Waals surface area contributed by atoms with E-state index in [0.717, 1.165) is 22.1 Å². The highest BCUT2D eigenvalue weighted by Gasteiger charge is 2.06. The molecule has 22 heavy (non-hydrogen) atoms. The number of fused-ring (bicyclic) bond motifs is 1. The largest absolute Gasteiger partial charge is 0.504 e. The predicted molar refractivity (Wildman–Crippen MR) is 86.4 cm³/mol. The van der Waals surface area contributed by atoms with Crippen LogP contribution >= 0.6 is 0 Å². The summed E-state index contributed by atoms with van der Waals surface area (Å²) in [5, 5.41) is 10.8. The maximum Gasteiger partial charge on any atom is 0.175 e. The summed E-state index contributed by atoms with van der Waals surface area (Å²) in [7, 11) is 3.14. The predicted octanol–water partition coefficient (Wildman–Crippen LogP) is 4.33. The van der Waals surface area contributed by atoms with Crippen LogP contribution in [0.2, 0.25) is 0 Å². The second kappa shape index (κ2) is 5.85. The van der Waals surface area contributed by atoms with Crippen molar-refractivity contribution in [1.82, 2.24) is 0 Å². The van der Waals surface area contributed by atoms with Crippen LogP contribution in [-0.4, -0.2) is 19.3 Å². The van der Waals surface area contributed by atoms with Crippen LogP contribution in [0.3, 0.4) is 0 Å². The van der Waals surface area contributed by atoms with E-state index in [1.807, 2.05) is 36.4 Å². The van der Waals surface area contributed by atoms with Crippen molar-refractivity contribution in [2.75, 3.05) is 14.2 Å². The van der Waals surface area contributed by atoms with Gasteiger partial charge in [-0.05, 0) is 41.5 Å². The zero-order chi connectivity index (χ0) is 15.5. The molecule has 0 bridgehead atoms. The Labute approximate surface area is 128 Å². The van der Waals surface area contributed by atoms with Gasteiger partial charge >= 0.3 is 0 Å². The topological polar surface area (TPSA) is 51.8 Å². The van der Waals surface area contributed by atoms with Gasteiger partial charge in [-0.25, -0.2) is 0 Å². The Morgan fingerprint density at radius 3 is 2.41 bits per heavy atom. The molecule has 2 aromatic carbocycles. The highest BCUT2D eigenvalue weighted by Crippen LogP contribution is 2.30. The third-order valence-electron chi connectivity index (χ3n) is 3.43. The molecule has 0 aliphatic carbocycles. The third-order valence-corrected chi connectivity index (χ3v) is 3.43. The molecule has 4 nitrogen and oxygen atoms in total. The van der Waals surface area contributed by atoms with Crippen LogP contribution in [0.15, 0.2) is 47.1 Å². The quantitative estimate of drug-likeness (QED) is 0.728. The van der Waals surface area contributed by atoms with E-state index in [1.165, 1.54) is 7.11 Å². The lowest BCUT2D eigenvalue weighted by molar-refractivity contribution is 0.373. The van der Waals surface area contributed by atoms with Crippen LogP contribution in [0.5, 0.6) is 17.2 Å². The van der Waals surface area contributed by atoms with Crippen LogP contribution in [0.1, 0.15) is 11.1 Å². The van der Waals surface area contributed by atoms with E-state index in [0.29, 0.717) is 11.5 Å². The van der Waals surface area contributed by atoms with Gasteiger partial charge in [-0.15, -0.1) is 0 Å². The zero-order valence-electron chi connectivity index (χ0n) is 12.4. The number of furan rings is 1. The smallest absolute Gasteiger partial charge is 0.175 e. The van der Waals surface area contributed by atoms with E-state index >= 15 is 0 Å². The number of benzene rings is 2. The van der Waals surface area contributed by atoms with Crippen molar-refractivity contribution in [3.05, 3.63) is 53.8 Å². The minimum Gasteiger partial charge on any atom is -0.504 e. The highest BCUT2D eigenvalue weighted by atomic mass is 16.5. The van der Waals surface area contributed by atoms with E-state index in [9.17, 15) is 5.11 Å². The molecule has 3 aromatic rings. The summed E-state index contributed by atoms with van der Waals surface area (Å²) in [5.41, 5.74) is 2.60. The Kier molecular flexibility index (Phi) is 3.74. The number of ether oxygens (including phenoxy) is 2. The molecule has 1 N–H and O–H groups in total. The third kappa shape index (κ3) is 2.63. The average Bonchev–Trinajstić information content (AvgIpc) is 3.00. The van der Waals surface area contributed by atoms with Gasteiger partial charge in [0.15, 0.2) is 22.8 Å². The monoisotopic (exact) mass is 296 g/mol. The van der Waals surface area contributed by atoms with Gasteiger partial charge < -0.3 is 19.0 Å². The maximum absolute atomic E-state index is 9.79. The second-order valence-corrected chi connectivity index (χ2v) is 4.83.